The highest BCUT2D eigenvalue weighted by molar-refractivity contribution is 5.75. The molecule has 0 radical (unpaired) electrons. The van der Waals surface area contributed by atoms with E-state index in [0.29, 0.717) is 0 Å². The van der Waals surface area contributed by atoms with Crippen LogP contribution in [0.2, 0.25) is 0 Å². The van der Waals surface area contributed by atoms with Crippen LogP contribution in [0.1, 0.15) is 66.0 Å². The number of fused-ring (bicyclic) bond motifs is 3. The van der Waals surface area contributed by atoms with E-state index in [9.17, 15) is 0 Å². The van der Waals surface area contributed by atoms with Crippen LogP contribution in [0.15, 0.2) is 36.4 Å². The van der Waals surface area contributed by atoms with Crippen LogP contribution >= 0.6 is 0 Å². The van der Waals surface area contributed by atoms with Crippen LogP contribution in [0.5, 0.6) is 0 Å². The fourth-order valence-electron chi connectivity index (χ4n) is 1.94. The van der Waals surface area contributed by atoms with Crippen LogP contribution in [-0.2, 0) is 6.42 Å². The van der Waals surface area contributed by atoms with Gasteiger partial charge in [0.1, 0.15) is 0 Å². The van der Waals surface area contributed by atoms with Crippen molar-refractivity contribution in [2.24, 2.45) is 0 Å². The van der Waals surface area contributed by atoms with Crippen LogP contribution in [0.3, 0.4) is 0 Å². The predicted octanol–water partition coefficient (Wildman–Crippen LogP) is 6.86. The minimum atomic E-state index is 1.02. The van der Waals surface area contributed by atoms with Crippen LogP contribution in [0.4, 0.5) is 0 Å². The lowest BCUT2D eigenvalue weighted by Crippen LogP contribution is -1.76. The third kappa shape index (κ3) is 8.08. The second-order valence-electron chi connectivity index (χ2n) is 4.26. The van der Waals surface area contributed by atoms with Gasteiger partial charge in [0.2, 0.25) is 0 Å². The summed E-state index contributed by atoms with van der Waals surface area (Å²) in [5, 5.41) is 7.32. The van der Waals surface area contributed by atoms with Gasteiger partial charge in [0.15, 0.2) is 0 Å². The lowest BCUT2D eigenvalue weighted by atomic mass is 10.1. The maximum Gasteiger partial charge on any atom is 0.0587 e. The first kappa shape index (κ1) is 23.0. The van der Waals surface area contributed by atoms with Gasteiger partial charge >= 0.3 is 0 Å². The van der Waals surface area contributed by atoms with Crippen LogP contribution in [0, 0.1) is 23.5 Å². The minimum absolute atomic E-state index is 1.02. The highest BCUT2D eigenvalue weighted by Gasteiger charge is 2.16. The Kier molecular flexibility index (Phi) is 16.1. The number of rotatable bonds is 0. The highest BCUT2D eigenvalue weighted by atomic mass is 14.2. The fourth-order valence-corrected chi connectivity index (χ4v) is 1.94. The minimum Gasteiger partial charge on any atom is -0.199 e. The molecule has 0 saturated heterocycles. The standard InChI is InChI=1S/C13H8.C3H8.C2H3N.2C2H6/c1-3-7-12-10(5-1)9-11-6-2-4-8-13(11)12;1-3-2;1-2-3;2*1-2/h1,3-5,7-8H,9H2;3H2,1-2H3;1H3;2*1-2H3. The maximum absolute atomic E-state index is 7.32. The number of hydrogen-bond donors (Lipinski definition) is 0. The molecule has 0 heterocycles. The summed E-state index contributed by atoms with van der Waals surface area (Å²) >= 11 is 0. The van der Waals surface area contributed by atoms with Crippen LogP contribution in [-0.4, -0.2) is 0 Å². The van der Waals surface area contributed by atoms with Crippen molar-refractivity contribution in [2.45, 2.75) is 61.3 Å². The average Bonchev–Trinajstić information content (AvgIpc) is 2.99. The molecule has 2 aromatic rings. The smallest absolute Gasteiger partial charge is 0.0587 e. The lowest BCUT2D eigenvalue weighted by Gasteiger charge is -1.96. The molecule has 0 N–H and O–H groups in total. The Labute approximate surface area is 144 Å². The van der Waals surface area contributed by atoms with Crippen LogP contribution in [0.25, 0.3) is 11.1 Å². The van der Waals surface area contributed by atoms with E-state index in [2.05, 4.69) is 56.3 Å². The first-order valence-corrected chi connectivity index (χ1v) is 8.58. The summed E-state index contributed by atoms with van der Waals surface area (Å²) in [5.74, 6) is 0. The molecule has 23 heavy (non-hydrogen) atoms. The molecule has 0 aromatic heterocycles. The molecule has 1 aliphatic carbocycles. The van der Waals surface area contributed by atoms with E-state index in [1.165, 1.54) is 35.6 Å². The van der Waals surface area contributed by atoms with Crippen molar-refractivity contribution in [3.8, 4) is 17.2 Å². The maximum atomic E-state index is 7.32. The number of hydrogen-bond acceptors (Lipinski definition) is 1. The van der Waals surface area contributed by atoms with Gasteiger partial charge in [0.25, 0.3) is 0 Å². The van der Waals surface area contributed by atoms with E-state index in [1.54, 1.807) is 6.07 Å². The van der Waals surface area contributed by atoms with E-state index >= 15 is 0 Å². The summed E-state index contributed by atoms with van der Waals surface area (Å²) in [6.07, 6.45) is 2.27. The molecule has 3 rings (SSSR count). The topological polar surface area (TPSA) is 23.8 Å². The van der Waals surface area contributed by atoms with Crippen molar-refractivity contribution >= 4 is 0 Å². The summed E-state index contributed by atoms with van der Waals surface area (Å²) in [6, 6.07) is 20.5. The van der Waals surface area contributed by atoms with Crippen LogP contribution < -0.4 is 0 Å². The molecule has 1 heteroatoms. The molecule has 0 amide bonds. The third-order valence-electron chi connectivity index (χ3n) is 2.56. The third-order valence-corrected chi connectivity index (χ3v) is 2.56. The van der Waals surface area contributed by atoms with Crippen molar-refractivity contribution in [3.05, 3.63) is 59.7 Å². The molecule has 124 valence electrons. The molecule has 2 aromatic carbocycles. The average molecular weight is 309 g/mol. The van der Waals surface area contributed by atoms with Gasteiger partial charge in [-0.05, 0) is 28.8 Å². The molecule has 0 saturated carbocycles. The Morgan fingerprint density at radius 1 is 1.00 bits per heavy atom. The fraction of sp³-hybridized carbons (Fsp3) is 0.409. The summed E-state index contributed by atoms with van der Waals surface area (Å²) in [5.41, 5.74) is 5.38. The van der Waals surface area contributed by atoms with Gasteiger partial charge in [-0.2, -0.15) is 5.26 Å². The molecule has 0 aliphatic heterocycles. The summed E-state index contributed by atoms with van der Waals surface area (Å²) in [6.45, 7) is 13.7. The molecule has 0 spiro atoms. The zero-order valence-electron chi connectivity index (χ0n) is 15.8. The molecular weight excluding hydrogens is 278 g/mol. The first-order chi connectivity index (χ1) is 11.3. The Morgan fingerprint density at radius 2 is 1.52 bits per heavy atom. The SMILES string of the molecule is CC.CC.CC#N.CCC.c1ccc2c(c#1)Cc1ccccc1-2. The van der Waals surface area contributed by atoms with E-state index in [4.69, 9.17) is 5.26 Å². The van der Waals surface area contributed by atoms with Crippen molar-refractivity contribution in [3.63, 3.8) is 0 Å². The second-order valence-corrected chi connectivity index (χ2v) is 4.26. The summed E-state index contributed by atoms with van der Waals surface area (Å²) < 4.78 is 0. The quantitative estimate of drug-likeness (QED) is 0.445. The zero-order chi connectivity index (χ0) is 18.1. The van der Waals surface area contributed by atoms with Crippen molar-refractivity contribution < 1.29 is 0 Å². The Balaban J connectivity index is 0. The molecule has 0 unspecified atom stereocenters. The molecule has 1 aliphatic rings. The van der Waals surface area contributed by atoms with Crippen molar-refractivity contribution in [1.29, 1.82) is 5.26 Å². The highest BCUT2D eigenvalue weighted by Crippen LogP contribution is 2.34. The van der Waals surface area contributed by atoms with Gasteiger partial charge in [-0.1, -0.05) is 84.4 Å². The molecule has 0 fully saturated rings. The molecule has 0 atom stereocenters. The molecule has 0 bridgehead atoms. The normalized spacial score (nSPS) is 8.26. The molecular formula is C22H31N. The second kappa shape index (κ2) is 16.1. The van der Waals surface area contributed by atoms with Gasteiger partial charge < -0.3 is 0 Å². The van der Waals surface area contributed by atoms with Gasteiger partial charge in [-0.15, -0.1) is 0 Å². The summed E-state index contributed by atoms with van der Waals surface area (Å²) in [7, 11) is 0. The largest absolute Gasteiger partial charge is 0.199 e. The molecule has 1 nitrogen and oxygen atoms in total. The Morgan fingerprint density at radius 3 is 2.09 bits per heavy atom. The van der Waals surface area contributed by atoms with E-state index in [1.807, 2.05) is 33.8 Å². The Hall–Kier alpha value is -2.25. The summed E-state index contributed by atoms with van der Waals surface area (Å²) in [4.78, 5) is 0. The predicted molar refractivity (Wildman–Crippen MR) is 102 cm³/mol. The van der Waals surface area contributed by atoms with Gasteiger partial charge in [0, 0.05) is 18.9 Å². The van der Waals surface area contributed by atoms with Crippen molar-refractivity contribution in [2.75, 3.05) is 0 Å². The van der Waals surface area contributed by atoms with Crippen molar-refractivity contribution in [1.82, 2.24) is 0 Å². The Bertz CT molecular complexity index is 506. The number of nitriles is 1. The zero-order valence-corrected chi connectivity index (χ0v) is 15.8. The number of benzene rings is 1. The van der Waals surface area contributed by atoms with Gasteiger partial charge in [0.05, 0.1) is 6.07 Å². The van der Waals surface area contributed by atoms with E-state index in [-0.39, 0.29) is 0 Å². The van der Waals surface area contributed by atoms with Gasteiger partial charge in [-0.25, -0.2) is 0 Å². The van der Waals surface area contributed by atoms with E-state index in [0.717, 1.165) is 6.42 Å². The number of nitrogens with zero attached hydrogens (tertiary/aromatic N) is 1. The monoisotopic (exact) mass is 309 g/mol. The first-order valence-electron chi connectivity index (χ1n) is 8.58. The van der Waals surface area contributed by atoms with E-state index < -0.39 is 0 Å². The van der Waals surface area contributed by atoms with Gasteiger partial charge in [-0.3, -0.25) is 0 Å². The lowest BCUT2D eigenvalue weighted by molar-refractivity contribution is 1.09.